The molecule has 6 aromatic rings. The summed E-state index contributed by atoms with van der Waals surface area (Å²) < 4.78 is 11.8. The number of para-hydroxylation sites is 1. The van der Waals surface area contributed by atoms with Crippen LogP contribution < -0.4 is 15.9 Å². The van der Waals surface area contributed by atoms with Gasteiger partial charge in [-0.05, 0) is 29.1 Å². The summed E-state index contributed by atoms with van der Waals surface area (Å²) in [5.41, 5.74) is 1.46. The van der Waals surface area contributed by atoms with Crippen LogP contribution in [-0.4, -0.2) is 9.97 Å². The number of hydrogen-bond acceptors (Lipinski definition) is 5. The number of aromatic nitrogens is 2. The highest BCUT2D eigenvalue weighted by Crippen LogP contribution is 2.49. The molecule has 7 heteroatoms. The standard InChI is InChI=1S/C30H17ClN2O4/c31-22-11-5-4-10-19(22)24-20-14-13-16-7-1-3-9-18(16)26(20)37-29-25(24)28(34)32-27(33-29)21-15-17-8-2-6-12-23(17)36-30(21)35/h1-15,24H,(H,32,33,34). The molecule has 0 spiro atoms. The largest absolute Gasteiger partial charge is 0.437 e. The molecule has 0 saturated carbocycles. The highest BCUT2D eigenvalue weighted by molar-refractivity contribution is 6.31. The molecule has 37 heavy (non-hydrogen) atoms. The molecule has 178 valence electrons. The summed E-state index contributed by atoms with van der Waals surface area (Å²) in [6.07, 6.45) is 0. The van der Waals surface area contributed by atoms with Gasteiger partial charge in [0.15, 0.2) is 5.82 Å². The second-order valence-corrected chi connectivity index (χ2v) is 9.29. The maximum Gasteiger partial charge on any atom is 0.347 e. The normalized spacial score (nSPS) is 14.2. The van der Waals surface area contributed by atoms with Crippen LogP contribution in [0.15, 0.2) is 105 Å². The van der Waals surface area contributed by atoms with E-state index in [2.05, 4.69) is 9.97 Å². The quantitative estimate of drug-likeness (QED) is 0.267. The van der Waals surface area contributed by atoms with Crippen LogP contribution >= 0.6 is 11.6 Å². The van der Waals surface area contributed by atoms with Crippen molar-refractivity contribution >= 4 is 33.3 Å². The van der Waals surface area contributed by atoms with Gasteiger partial charge in [0.25, 0.3) is 5.56 Å². The van der Waals surface area contributed by atoms with Gasteiger partial charge in [0, 0.05) is 21.4 Å². The van der Waals surface area contributed by atoms with Crippen molar-refractivity contribution in [3.63, 3.8) is 0 Å². The molecule has 0 amide bonds. The summed E-state index contributed by atoms with van der Waals surface area (Å²) in [6.45, 7) is 0. The fraction of sp³-hybridized carbons (Fsp3) is 0.0333. The molecule has 0 bridgehead atoms. The van der Waals surface area contributed by atoms with Gasteiger partial charge in [-0.1, -0.05) is 84.4 Å². The third kappa shape index (κ3) is 3.37. The third-order valence-corrected chi connectivity index (χ3v) is 7.09. The Hall–Kier alpha value is -4.68. The van der Waals surface area contributed by atoms with Crippen LogP contribution in [0.25, 0.3) is 33.1 Å². The molecule has 2 aromatic heterocycles. The van der Waals surface area contributed by atoms with Crippen molar-refractivity contribution in [3.05, 3.63) is 133 Å². The van der Waals surface area contributed by atoms with Gasteiger partial charge in [0.05, 0.1) is 11.5 Å². The van der Waals surface area contributed by atoms with Crippen molar-refractivity contribution in [1.82, 2.24) is 9.97 Å². The molecule has 1 N–H and O–H groups in total. The van der Waals surface area contributed by atoms with Gasteiger partial charge in [-0.2, -0.15) is 4.98 Å². The summed E-state index contributed by atoms with van der Waals surface area (Å²) >= 11 is 6.64. The zero-order valence-corrected chi connectivity index (χ0v) is 20.0. The molecule has 1 atom stereocenters. The number of H-pyrrole nitrogens is 1. The number of ether oxygens (including phenoxy) is 1. The minimum atomic E-state index is -0.605. The van der Waals surface area contributed by atoms with Gasteiger partial charge >= 0.3 is 5.63 Å². The van der Waals surface area contributed by atoms with Crippen LogP contribution in [0, 0.1) is 0 Å². The molecular weight excluding hydrogens is 488 g/mol. The number of fused-ring (bicyclic) bond motifs is 5. The molecule has 1 aliphatic rings. The first kappa shape index (κ1) is 21.6. The van der Waals surface area contributed by atoms with Crippen molar-refractivity contribution in [3.8, 4) is 23.0 Å². The number of hydrogen-bond donors (Lipinski definition) is 1. The molecule has 1 aliphatic heterocycles. The zero-order valence-electron chi connectivity index (χ0n) is 19.2. The SMILES string of the molecule is O=c1[nH]c(-c2cc3ccccc3oc2=O)nc2c1C(c1ccccc1Cl)c1ccc3ccccc3c1O2. The van der Waals surface area contributed by atoms with E-state index in [1.807, 2.05) is 66.7 Å². The van der Waals surface area contributed by atoms with Crippen molar-refractivity contribution in [1.29, 1.82) is 0 Å². The molecule has 7 rings (SSSR count). The first-order valence-corrected chi connectivity index (χ1v) is 12.1. The summed E-state index contributed by atoms with van der Waals surface area (Å²) in [5, 5.41) is 3.11. The second-order valence-electron chi connectivity index (χ2n) is 8.88. The fourth-order valence-electron chi connectivity index (χ4n) is 5.03. The van der Waals surface area contributed by atoms with E-state index in [4.69, 9.17) is 20.8 Å². The minimum Gasteiger partial charge on any atom is -0.437 e. The van der Waals surface area contributed by atoms with Crippen molar-refractivity contribution < 1.29 is 9.15 Å². The smallest absolute Gasteiger partial charge is 0.347 e. The molecular formula is C30H17ClN2O4. The highest BCUT2D eigenvalue weighted by atomic mass is 35.5. The Morgan fingerprint density at radius 3 is 2.43 bits per heavy atom. The fourth-order valence-corrected chi connectivity index (χ4v) is 5.28. The van der Waals surface area contributed by atoms with Crippen LogP contribution in [0.1, 0.15) is 22.6 Å². The van der Waals surface area contributed by atoms with Gasteiger partial charge in [-0.3, -0.25) is 4.79 Å². The van der Waals surface area contributed by atoms with E-state index in [-0.39, 0.29) is 17.3 Å². The number of nitrogens with zero attached hydrogens (tertiary/aromatic N) is 1. The molecule has 4 aromatic carbocycles. The molecule has 0 aliphatic carbocycles. The Morgan fingerprint density at radius 2 is 1.57 bits per heavy atom. The molecule has 0 fully saturated rings. The van der Waals surface area contributed by atoms with Crippen LogP contribution in [0.5, 0.6) is 11.6 Å². The van der Waals surface area contributed by atoms with E-state index in [1.54, 1.807) is 24.3 Å². The lowest BCUT2D eigenvalue weighted by molar-refractivity contribution is 0.436. The summed E-state index contributed by atoms with van der Waals surface area (Å²) in [7, 11) is 0. The summed E-state index contributed by atoms with van der Waals surface area (Å²) in [4.78, 5) is 33.9. The number of nitrogens with one attached hydrogen (secondary N) is 1. The molecule has 0 radical (unpaired) electrons. The summed E-state index contributed by atoms with van der Waals surface area (Å²) in [5.74, 6) is 0.283. The molecule has 0 saturated heterocycles. The van der Waals surface area contributed by atoms with Crippen LogP contribution in [-0.2, 0) is 0 Å². The van der Waals surface area contributed by atoms with Crippen LogP contribution in [0.2, 0.25) is 5.02 Å². The second kappa shape index (κ2) is 8.18. The Labute approximate surface area is 214 Å². The Bertz CT molecular complexity index is 1990. The lowest BCUT2D eigenvalue weighted by Crippen LogP contribution is -2.25. The summed E-state index contributed by atoms with van der Waals surface area (Å²) in [6, 6.07) is 28.0. The number of aromatic amines is 1. The maximum absolute atomic E-state index is 13.7. The first-order chi connectivity index (χ1) is 18.1. The Morgan fingerprint density at radius 1 is 0.811 bits per heavy atom. The number of rotatable bonds is 2. The highest BCUT2D eigenvalue weighted by Gasteiger charge is 2.35. The van der Waals surface area contributed by atoms with Crippen molar-refractivity contribution in [2.45, 2.75) is 5.92 Å². The maximum atomic E-state index is 13.7. The molecule has 6 nitrogen and oxygen atoms in total. The topological polar surface area (TPSA) is 85.2 Å². The van der Waals surface area contributed by atoms with Crippen LogP contribution in [0.3, 0.4) is 0 Å². The van der Waals surface area contributed by atoms with E-state index in [1.165, 1.54) is 0 Å². The molecule has 1 unspecified atom stereocenters. The first-order valence-electron chi connectivity index (χ1n) is 11.7. The van der Waals surface area contributed by atoms with E-state index >= 15 is 0 Å². The van der Waals surface area contributed by atoms with Crippen molar-refractivity contribution in [2.24, 2.45) is 0 Å². The average molecular weight is 505 g/mol. The predicted octanol–water partition coefficient (Wildman–Crippen LogP) is 6.64. The van der Waals surface area contributed by atoms with Crippen LogP contribution in [0.4, 0.5) is 0 Å². The number of benzene rings is 4. The van der Waals surface area contributed by atoms with Gasteiger partial charge in [0.2, 0.25) is 5.88 Å². The van der Waals surface area contributed by atoms with E-state index in [9.17, 15) is 9.59 Å². The Balaban J connectivity index is 1.51. The van der Waals surface area contributed by atoms with Gasteiger partial charge < -0.3 is 14.1 Å². The van der Waals surface area contributed by atoms with Gasteiger partial charge in [-0.25, -0.2) is 4.79 Å². The van der Waals surface area contributed by atoms with E-state index in [0.717, 1.165) is 21.9 Å². The van der Waals surface area contributed by atoms with E-state index in [0.29, 0.717) is 27.3 Å². The monoisotopic (exact) mass is 504 g/mol. The van der Waals surface area contributed by atoms with Gasteiger partial charge in [0.1, 0.15) is 16.9 Å². The van der Waals surface area contributed by atoms with E-state index < -0.39 is 17.1 Å². The average Bonchev–Trinajstić information content (AvgIpc) is 2.92. The van der Waals surface area contributed by atoms with Crippen molar-refractivity contribution in [2.75, 3.05) is 0 Å². The molecule has 3 heterocycles. The third-order valence-electron chi connectivity index (χ3n) is 6.74. The van der Waals surface area contributed by atoms with Gasteiger partial charge in [-0.15, -0.1) is 0 Å². The minimum absolute atomic E-state index is 0.0739. The lowest BCUT2D eigenvalue weighted by atomic mass is 9.83. The zero-order chi connectivity index (χ0) is 25.1. The number of halogens is 1. The lowest BCUT2D eigenvalue weighted by Gasteiger charge is -2.28. The predicted molar refractivity (Wildman–Crippen MR) is 143 cm³/mol. The Kier molecular flexibility index (Phi) is 4.77.